The van der Waals surface area contributed by atoms with Crippen LogP contribution in [0.5, 0.6) is 5.88 Å². The van der Waals surface area contributed by atoms with Gasteiger partial charge in [-0.15, -0.1) is 5.10 Å². The van der Waals surface area contributed by atoms with E-state index in [1.807, 2.05) is 57.4 Å². The Morgan fingerprint density at radius 1 is 1.03 bits per heavy atom. The summed E-state index contributed by atoms with van der Waals surface area (Å²) >= 11 is 0. The summed E-state index contributed by atoms with van der Waals surface area (Å²) in [5.74, 6) is 0.724. The number of imidazole rings is 1. The highest BCUT2D eigenvalue weighted by Gasteiger charge is 2.27. The SMILES string of the molecule is CCn1cnc(NC(=O)c2cc3c(nc2OC)nc(C(c2ccccc2)c2ccccc2)n3CCN(C)C)n1. The molecule has 39 heavy (non-hydrogen) atoms. The van der Waals surface area contributed by atoms with Gasteiger partial charge in [0.1, 0.15) is 17.7 Å². The minimum atomic E-state index is -0.403. The summed E-state index contributed by atoms with van der Waals surface area (Å²) in [5, 5.41) is 7.03. The molecule has 200 valence electrons. The van der Waals surface area contributed by atoms with E-state index in [1.54, 1.807) is 17.1 Å². The molecule has 1 amide bonds. The van der Waals surface area contributed by atoms with Crippen LogP contribution in [0.2, 0.25) is 0 Å². The molecule has 2 aromatic carbocycles. The third-order valence-corrected chi connectivity index (χ3v) is 6.55. The van der Waals surface area contributed by atoms with Gasteiger partial charge in [0, 0.05) is 19.6 Å². The van der Waals surface area contributed by atoms with Crippen LogP contribution in [0, 0.1) is 0 Å². The molecule has 0 atom stereocenters. The number of hydrogen-bond acceptors (Lipinski definition) is 7. The van der Waals surface area contributed by atoms with Gasteiger partial charge in [-0.2, -0.15) is 4.98 Å². The molecule has 0 fully saturated rings. The maximum Gasteiger partial charge on any atom is 0.263 e. The smallest absolute Gasteiger partial charge is 0.263 e. The van der Waals surface area contributed by atoms with Gasteiger partial charge in [0.25, 0.3) is 5.91 Å². The van der Waals surface area contributed by atoms with Crippen molar-refractivity contribution in [3.63, 3.8) is 0 Å². The van der Waals surface area contributed by atoms with Gasteiger partial charge in [0.05, 0.1) is 18.5 Å². The van der Waals surface area contributed by atoms with Crippen LogP contribution in [0.25, 0.3) is 11.2 Å². The summed E-state index contributed by atoms with van der Waals surface area (Å²) in [6, 6.07) is 22.4. The van der Waals surface area contributed by atoms with E-state index in [0.717, 1.165) is 29.0 Å². The summed E-state index contributed by atoms with van der Waals surface area (Å²) < 4.78 is 9.34. The number of likely N-dealkylation sites (N-methyl/N-ethyl adjacent to an activating group) is 1. The quantitative estimate of drug-likeness (QED) is 0.294. The van der Waals surface area contributed by atoms with E-state index in [1.165, 1.54) is 7.11 Å². The lowest BCUT2D eigenvalue weighted by Gasteiger charge is -2.21. The number of carbonyl (C=O) groups excluding carboxylic acids is 1. The lowest BCUT2D eigenvalue weighted by Crippen LogP contribution is -2.21. The van der Waals surface area contributed by atoms with E-state index in [0.29, 0.717) is 18.7 Å². The van der Waals surface area contributed by atoms with E-state index in [9.17, 15) is 4.79 Å². The summed E-state index contributed by atoms with van der Waals surface area (Å²) in [6.45, 7) is 4.04. The second-order valence-electron chi connectivity index (χ2n) is 9.45. The van der Waals surface area contributed by atoms with Crippen molar-refractivity contribution in [3.05, 3.63) is 95.6 Å². The molecule has 5 rings (SSSR count). The summed E-state index contributed by atoms with van der Waals surface area (Å²) in [5.41, 5.74) is 3.79. The Morgan fingerprint density at radius 3 is 2.26 bits per heavy atom. The average molecular weight is 525 g/mol. The number of aryl methyl sites for hydroxylation is 1. The number of nitrogens with zero attached hydrogens (tertiary/aromatic N) is 7. The van der Waals surface area contributed by atoms with E-state index >= 15 is 0 Å². The molecule has 10 heteroatoms. The minimum Gasteiger partial charge on any atom is -0.480 e. The lowest BCUT2D eigenvalue weighted by atomic mass is 9.90. The zero-order valence-electron chi connectivity index (χ0n) is 22.6. The standard InChI is InChI=1S/C29H32N8O2/c1-5-36-19-30-29(34-36)33-27(38)22-18-23-25(32-28(22)39-4)31-26(37(23)17-16-35(2)3)24(20-12-8-6-9-13-20)21-14-10-7-11-15-21/h6-15,18-19,24H,5,16-17H2,1-4H3,(H,33,34,38). The topological polar surface area (TPSA) is 103 Å². The molecule has 0 unspecified atom stereocenters. The second kappa shape index (κ2) is 11.4. The van der Waals surface area contributed by atoms with Crippen LogP contribution in [0.3, 0.4) is 0 Å². The van der Waals surface area contributed by atoms with Gasteiger partial charge in [-0.3, -0.25) is 14.8 Å². The van der Waals surface area contributed by atoms with E-state index < -0.39 is 5.91 Å². The first-order chi connectivity index (χ1) is 19.0. The fourth-order valence-electron chi connectivity index (χ4n) is 4.58. The summed E-state index contributed by atoms with van der Waals surface area (Å²) in [4.78, 5) is 29.4. The fraction of sp³-hybridized carbons (Fsp3) is 0.276. The summed E-state index contributed by atoms with van der Waals surface area (Å²) in [6.07, 6.45) is 1.57. The summed E-state index contributed by atoms with van der Waals surface area (Å²) in [7, 11) is 5.57. The van der Waals surface area contributed by atoms with Crippen molar-refractivity contribution in [1.82, 2.24) is 34.2 Å². The highest BCUT2D eigenvalue weighted by Crippen LogP contribution is 2.34. The molecule has 0 aliphatic heterocycles. The molecule has 1 N–H and O–H groups in total. The van der Waals surface area contributed by atoms with Crippen molar-refractivity contribution in [2.45, 2.75) is 25.9 Å². The first kappa shape index (κ1) is 26.1. The van der Waals surface area contributed by atoms with Crippen LogP contribution < -0.4 is 10.1 Å². The number of pyridine rings is 1. The van der Waals surface area contributed by atoms with Crippen molar-refractivity contribution in [1.29, 1.82) is 0 Å². The maximum atomic E-state index is 13.3. The normalized spacial score (nSPS) is 11.4. The van der Waals surface area contributed by atoms with Gasteiger partial charge >= 0.3 is 0 Å². The Hall–Kier alpha value is -4.57. The van der Waals surface area contributed by atoms with Gasteiger partial charge in [-0.25, -0.2) is 9.97 Å². The number of rotatable bonds is 10. The van der Waals surface area contributed by atoms with E-state index in [2.05, 4.69) is 54.1 Å². The Bertz CT molecular complexity index is 1520. The van der Waals surface area contributed by atoms with Crippen molar-refractivity contribution in [2.75, 3.05) is 33.1 Å². The van der Waals surface area contributed by atoms with Gasteiger partial charge in [-0.1, -0.05) is 60.7 Å². The molecule has 0 aliphatic carbocycles. The number of methoxy groups -OCH3 is 1. The Morgan fingerprint density at radius 2 is 1.69 bits per heavy atom. The molecule has 5 aromatic rings. The number of benzene rings is 2. The molecule has 0 spiro atoms. The number of ether oxygens (including phenoxy) is 1. The average Bonchev–Trinajstić information content (AvgIpc) is 3.56. The highest BCUT2D eigenvalue weighted by molar-refractivity contribution is 6.06. The molecule has 3 heterocycles. The Labute approximate surface area is 227 Å². The van der Waals surface area contributed by atoms with Gasteiger partial charge in [-0.05, 0) is 38.2 Å². The molecule has 0 saturated carbocycles. The van der Waals surface area contributed by atoms with Crippen molar-refractivity contribution >= 4 is 23.0 Å². The second-order valence-corrected chi connectivity index (χ2v) is 9.45. The number of nitrogens with one attached hydrogen (secondary N) is 1. The predicted molar refractivity (Wildman–Crippen MR) is 150 cm³/mol. The Balaban J connectivity index is 1.66. The van der Waals surface area contributed by atoms with Gasteiger partial charge < -0.3 is 14.2 Å². The zero-order chi connectivity index (χ0) is 27.4. The third kappa shape index (κ3) is 5.51. The molecule has 3 aromatic heterocycles. The largest absolute Gasteiger partial charge is 0.480 e. The molecule has 0 saturated heterocycles. The van der Waals surface area contributed by atoms with Crippen molar-refractivity contribution < 1.29 is 9.53 Å². The van der Waals surface area contributed by atoms with Crippen LogP contribution in [0.4, 0.5) is 5.95 Å². The number of hydrogen-bond donors (Lipinski definition) is 1. The molecule has 10 nitrogen and oxygen atoms in total. The van der Waals surface area contributed by atoms with Crippen molar-refractivity contribution in [2.24, 2.45) is 0 Å². The van der Waals surface area contributed by atoms with Gasteiger partial charge in [0.15, 0.2) is 5.65 Å². The van der Waals surface area contributed by atoms with Crippen LogP contribution in [0.15, 0.2) is 73.1 Å². The maximum absolute atomic E-state index is 13.3. The number of amides is 1. The molecular weight excluding hydrogens is 492 g/mol. The number of anilines is 1. The van der Waals surface area contributed by atoms with Crippen LogP contribution >= 0.6 is 0 Å². The predicted octanol–water partition coefficient (Wildman–Crippen LogP) is 4.05. The number of fused-ring (bicyclic) bond motifs is 1. The van der Waals surface area contributed by atoms with Crippen LogP contribution in [-0.4, -0.2) is 67.9 Å². The van der Waals surface area contributed by atoms with E-state index in [-0.39, 0.29) is 23.3 Å². The monoisotopic (exact) mass is 524 g/mol. The van der Waals surface area contributed by atoms with Gasteiger partial charge in [0.2, 0.25) is 11.8 Å². The molecular formula is C29H32N8O2. The first-order valence-electron chi connectivity index (χ1n) is 12.9. The first-order valence-corrected chi connectivity index (χ1v) is 12.9. The zero-order valence-corrected chi connectivity index (χ0v) is 22.6. The highest BCUT2D eigenvalue weighted by atomic mass is 16.5. The fourth-order valence-corrected chi connectivity index (χ4v) is 4.58. The minimum absolute atomic E-state index is 0.130. The third-order valence-electron chi connectivity index (χ3n) is 6.55. The van der Waals surface area contributed by atoms with Crippen LogP contribution in [-0.2, 0) is 13.1 Å². The molecule has 0 aliphatic rings. The molecule has 0 radical (unpaired) electrons. The molecule has 0 bridgehead atoms. The Kier molecular flexibility index (Phi) is 7.64. The number of aromatic nitrogens is 6. The van der Waals surface area contributed by atoms with Crippen molar-refractivity contribution in [3.8, 4) is 5.88 Å². The lowest BCUT2D eigenvalue weighted by molar-refractivity contribution is 0.102. The number of carbonyl (C=O) groups is 1. The van der Waals surface area contributed by atoms with E-state index in [4.69, 9.17) is 9.72 Å². The van der Waals surface area contributed by atoms with Crippen LogP contribution in [0.1, 0.15) is 40.2 Å².